The average Bonchev–Trinajstić information content (AvgIpc) is 2.46. The Balaban J connectivity index is 2.84. The van der Waals surface area contributed by atoms with Crippen molar-refractivity contribution in [2.75, 3.05) is 5.73 Å². The zero-order chi connectivity index (χ0) is 8.55. The Morgan fingerprint density at radius 1 is 1.50 bits per heavy atom. The molecule has 2 aromatic rings. The lowest BCUT2D eigenvalue weighted by molar-refractivity contribution is 1.16. The molecule has 2 rings (SSSR count). The van der Waals surface area contributed by atoms with E-state index in [1.54, 1.807) is 29.1 Å². The molecule has 0 saturated carbocycles. The molecule has 0 radical (unpaired) electrons. The maximum Gasteiger partial charge on any atom is 0.166 e. The minimum atomic E-state index is 0.426. The van der Waals surface area contributed by atoms with Crippen LogP contribution in [0.15, 0.2) is 24.7 Å². The number of rotatable bonds is 0. The summed E-state index contributed by atoms with van der Waals surface area (Å²) in [6, 6.07) is 5.52. The molecule has 0 aromatic carbocycles. The van der Waals surface area contributed by atoms with E-state index >= 15 is 0 Å². The highest BCUT2D eigenvalue weighted by molar-refractivity contribution is 5.60. The third-order valence-corrected chi connectivity index (χ3v) is 1.66. The lowest BCUT2D eigenvalue weighted by atomic mass is 10.3. The van der Waals surface area contributed by atoms with Gasteiger partial charge in [-0.1, -0.05) is 0 Å². The van der Waals surface area contributed by atoms with Crippen molar-refractivity contribution in [3.63, 3.8) is 0 Å². The predicted octanol–water partition coefficient (Wildman–Crippen LogP) is 0.788. The average molecular weight is 158 g/mol. The van der Waals surface area contributed by atoms with Crippen molar-refractivity contribution in [2.24, 2.45) is 0 Å². The highest BCUT2D eigenvalue weighted by Crippen LogP contribution is 2.10. The SMILES string of the molecule is N#Cc1ncn2cc(N)ccc12. The number of hydrogen-bond acceptors (Lipinski definition) is 3. The van der Waals surface area contributed by atoms with Gasteiger partial charge in [0.2, 0.25) is 0 Å². The Morgan fingerprint density at radius 2 is 2.33 bits per heavy atom. The van der Waals surface area contributed by atoms with Crippen molar-refractivity contribution in [2.45, 2.75) is 0 Å². The van der Waals surface area contributed by atoms with Crippen molar-refractivity contribution in [1.29, 1.82) is 5.26 Å². The number of nitrogens with zero attached hydrogens (tertiary/aromatic N) is 3. The van der Waals surface area contributed by atoms with Crippen LogP contribution >= 0.6 is 0 Å². The molecule has 4 heteroatoms. The first-order valence-electron chi connectivity index (χ1n) is 3.43. The molecule has 0 aliphatic heterocycles. The largest absolute Gasteiger partial charge is 0.398 e. The summed E-state index contributed by atoms with van der Waals surface area (Å²) in [6.07, 6.45) is 3.30. The number of nitrogens with two attached hydrogens (primary N) is 1. The maximum absolute atomic E-state index is 8.64. The topological polar surface area (TPSA) is 67.1 Å². The summed E-state index contributed by atoms with van der Waals surface area (Å²) < 4.78 is 1.73. The van der Waals surface area contributed by atoms with Crippen LogP contribution in [0, 0.1) is 11.3 Å². The maximum atomic E-state index is 8.64. The van der Waals surface area contributed by atoms with Crippen molar-refractivity contribution in [1.82, 2.24) is 9.38 Å². The number of nitriles is 1. The fourth-order valence-corrected chi connectivity index (χ4v) is 1.10. The second kappa shape index (κ2) is 2.24. The van der Waals surface area contributed by atoms with Gasteiger partial charge in [-0.05, 0) is 12.1 Å². The molecule has 2 heterocycles. The van der Waals surface area contributed by atoms with Crippen LogP contribution in [-0.2, 0) is 0 Å². The van der Waals surface area contributed by atoms with Gasteiger partial charge in [-0.15, -0.1) is 0 Å². The van der Waals surface area contributed by atoms with E-state index in [1.807, 2.05) is 6.07 Å². The minimum absolute atomic E-state index is 0.426. The predicted molar refractivity (Wildman–Crippen MR) is 44.3 cm³/mol. The summed E-state index contributed by atoms with van der Waals surface area (Å²) in [5.74, 6) is 0. The highest BCUT2D eigenvalue weighted by Gasteiger charge is 2.01. The summed E-state index contributed by atoms with van der Waals surface area (Å²) in [4.78, 5) is 3.90. The van der Waals surface area contributed by atoms with Gasteiger partial charge in [-0.2, -0.15) is 5.26 Å². The summed E-state index contributed by atoms with van der Waals surface area (Å²) in [5.41, 5.74) is 7.41. The smallest absolute Gasteiger partial charge is 0.166 e. The normalized spacial score (nSPS) is 9.92. The zero-order valence-electron chi connectivity index (χ0n) is 6.23. The van der Waals surface area contributed by atoms with Crippen LogP contribution in [0.1, 0.15) is 5.69 Å². The molecule has 0 spiro atoms. The van der Waals surface area contributed by atoms with Crippen molar-refractivity contribution in [3.05, 3.63) is 30.4 Å². The van der Waals surface area contributed by atoms with Crippen LogP contribution < -0.4 is 5.73 Å². The van der Waals surface area contributed by atoms with Crippen LogP contribution in [0.3, 0.4) is 0 Å². The molecule has 0 atom stereocenters. The Kier molecular flexibility index (Phi) is 1.25. The molecule has 0 aliphatic rings. The molecule has 58 valence electrons. The fourth-order valence-electron chi connectivity index (χ4n) is 1.10. The number of aromatic nitrogens is 2. The number of imidazole rings is 1. The molecule has 12 heavy (non-hydrogen) atoms. The van der Waals surface area contributed by atoms with Gasteiger partial charge < -0.3 is 10.1 Å². The Morgan fingerprint density at radius 3 is 3.08 bits per heavy atom. The number of anilines is 1. The number of hydrogen-bond donors (Lipinski definition) is 1. The molecule has 0 unspecified atom stereocenters. The van der Waals surface area contributed by atoms with E-state index in [9.17, 15) is 0 Å². The first-order valence-corrected chi connectivity index (χ1v) is 3.43. The van der Waals surface area contributed by atoms with Crippen molar-refractivity contribution < 1.29 is 0 Å². The third kappa shape index (κ3) is 0.805. The molecule has 0 fully saturated rings. The van der Waals surface area contributed by atoms with Gasteiger partial charge in [0, 0.05) is 11.9 Å². The van der Waals surface area contributed by atoms with Crippen LogP contribution in [0.25, 0.3) is 5.52 Å². The van der Waals surface area contributed by atoms with E-state index in [-0.39, 0.29) is 0 Å². The number of fused-ring (bicyclic) bond motifs is 1. The second-order valence-corrected chi connectivity index (χ2v) is 2.46. The summed E-state index contributed by atoms with van der Waals surface area (Å²) in [6.45, 7) is 0. The molecule has 4 nitrogen and oxygen atoms in total. The van der Waals surface area contributed by atoms with Crippen LogP contribution in [0.4, 0.5) is 5.69 Å². The van der Waals surface area contributed by atoms with E-state index in [0.717, 1.165) is 5.52 Å². The van der Waals surface area contributed by atoms with Crippen molar-refractivity contribution in [3.8, 4) is 6.07 Å². The number of nitrogen functional groups attached to an aromatic ring is 1. The van der Waals surface area contributed by atoms with Gasteiger partial charge in [-0.25, -0.2) is 4.98 Å². The highest BCUT2D eigenvalue weighted by atomic mass is 15.0. The van der Waals surface area contributed by atoms with Gasteiger partial charge >= 0.3 is 0 Å². The molecular weight excluding hydrogens is 152 g/mol. The zero-order valence-corrected chi connectivity index (χ0v) is 6.23. The van der Waals surface area contributed by atoms with Gasteiger partial charge in [0.1, 0.15) is 12.4 Å². The van der Waals surface area contributed by atoms with Gasteiger partial charge in [0.05, 0.1) is 5.52 Å². The van der Waals surface area contributed by atoms with E-state index in [2.05, 4.69) is 4.98 Å². The Bertz CT molecular complexity index is 463. The molecule has 0 aliphatic carbocycles. The monoisotopic (exact) mass is 158 g/mol. The summed E-state index contributed by atoms with van der Waals surface area (Å²) in [7, 11) is 0. The van der Waals surface area contributed by atoms with Crippen LogP contribution in [0.2, 0.25) is 0 Å². The van der Waals surface area contributed by atoms with Gasteiger partial charge in [-0.3, -0.25) is 0 Å². The molecular formula is C8H6N4. The van der Waals surface area contributed by atoms with E-state index < -0.39 is 0 Å². The quantitative estimate of drug-likeness (QED) is 0.616. The standard InChI is InChI=1S/C8H6N4/c9-3-7-8-2-1-6(10)4-12(8)5-11-7/h1-2,4-5H,10H2. The molecule has 0 bridgehead atoms. The van der Waals surface area contributed by atoms with Gasteiger partial charge in [0.25, 0.3) is 0 Å². The second-order valence-electron chi connectivity index (χ2n) is 2.46. The molecule has 0 amide bonds. The first kappa shape index (κ1) is 6.68. The van der Waals surface area contributed by atoms with E-state index in [4.69, 9.17) is 11.0 Å². The third-order valence-electron chi connectivity index (χ3n) is 1.66. The first-order chi connectivity index (χ1) is 5.81. The van der Waals surface area contributed by atoms with Crippen LogP contribution in [-0.4, -0.2) is 9.38 Å². The summed E-state index contributed by atoms with van der Waals surface area (Å²) >= 11 is 0. The van der Waals surface area contributed by atoms with Gasteiger partial charge in [0.15, 0.2) is 5.69 Å². The summed E-state index contributed by atoms with van der Waals surface area (Å²) in [5, 5.41) is 8.64. The number of pyridine rings is 1. The molecule has 2 N–H and O–H groups in total. The lowest BCUT2D eigenvalue weighted by Crippen LogP contribution is -1.88. The van der Waals surface area contributed by atoms with E-state index in [1.165, 1.54) is 0 Å². The van der Waals surface area contributed by atoms with E-state index in [0.29, 0.717) is 11.4 Å². The van der Waals surface area contributed by atoms with Crippen LogP contribution in [0.5, 0.6) is 0 Å². The molecule has 2 aromatic heterocycles. The fraction of sp³-hybridized carbons (Fsp3) is 0. The minimum Gasteiger partial charge on any atom is -0.398 e. The Labute approximate surface area is 68.9 Å². The Hall–Kier alpha value is -2.02. The van der Waals surface area contributed by atoms with Crippen molar-refractivity contribution >= 4 is 11.2 Å². The molecule has 0 saturated heterocycles. The lowest BCUT2D eigenvalue weighted by Gasteiger charge is -1.94.